The molecule has 7 nitrogen and oxygen atoms in total. The highest BCUT2D eigenvalue weighted by Crippen LogP contribution is 2.21. The van der Waals surface area contributed by atoms with Gasteiger partial charge >= 0.3 is 0 Å². The number of amides is 1. The Hall–Kier alpha value is -2.61. The van der Waals surface area contributed by atoms with Crippen molar-refractivity contribution in [3.05, 3.63) is 47.4 Å². The summed E-state index contributed by atoms with van der Waals surface area (Å²) in [5, 5.41) is 10.3. The third-order valence-corrected chi connectivity index (χ3v) is 3.46. The molecule has 3 aromatic rings. The molecule has 2 N–H and O–H groups in total. The van der Waals surface area contributed by atoms with Gasteiger partial charge < -0.3 is 5.73 Å². The molecular formula is C12H10N6OS. The van der Waals surface area contributed by atoms with Crippen molar-refractivity contribution in [2.75, 3.05) is 0 Å². The highest BCUT2D eigenvalue weighted by Gasteiger charge is 2.09. The second-order valence-electron chi connectivity index (χ2n) is 4.02. The summed E-state index contributed by atoms with van der Waals surface area (Å²) in [7, 11) is 0. The molecule has 0 unspecified atom stereocenters. The van der Waals surface area contributed by atoms with Gasteiger partial charge in [0.05, 0.1) is 24.1 Å². The Morgan fingerprint density at radius 3 is 3.00 bits per heavy atom. The summed E-state index contributed by atoms with van der Waals surface area (Å²) in [5.41, 5.74) is 6.93. The molecule has 3 heterocycles. The van der Waals surface area contributed by atoms with Crippen LogP contribution in [0.1, 0.15) is 16.2 Å². The molecule has 3 aromatic heterocycles. The second kappa shape index (κ2) is 5.17. The van der Waals surface area contributed by atoms with Crippen molar-refractivity contribution in [2.24, 2.45) is 5.73 Å². The smallest absolute Gasteiger partial charge is 0.270 e. The Morgan fingerprint density at radius 1 is 1.40 bits per heavy atom. The molecule has 0 aliphatic heterocycles. The van der Waals surface area contributed by atoms with Crippen molar-refractivity contribution in [1.29, 1.82) is 0 Å². The van der Waals surface area contributed by atoms with Crippen LogP contribution in [0.15, 0.2) is 36.0 Å². The van der Waals surface area contributed by atoms with Crippen molar-refractivity contribution >= 4 is 17.2 Å². The summed E-state index contributed by atoms with van der Waals surface area (Å²) in [4.78, 5) is 19.7. The predicted molar refractivity (Wildman–Crippen MR) is 73.0 cm³/mol. The fourth-order valence-electron chi connectivity index (χ4n) is 1.64. The average Bonchev–Trinajstić information content (AvgIpc) is 3.10. The third-order valence-electron chi connectivity index (χ3n) is 2.55. The molecule has 0 saturated heterocycles. The molecule has 0 radical (unpaired) electrons. The summed E-state index contributed by atoms with van der Waals surface area (Å²) in [6, 6.07) is 5.68. The number of rotatable bonds is 4. The first kappa shape index (κ1) is 12.4. The maximum atomic E-state index is 10.9. The van der Waals surface area contributed by atoms with E-state index < -0.39 is 5.91 Å². The van der Waals surface area contributed by atoms with Crippen LogP contribution in [0.3, 0.4) is 0 Å². The van der Waals surface area contributed by atoms with Crippen LogP contribution in [0.25, 0.3) is 10.7 Å². The van der Waals surface area contributed by atoms with Gasteiger partial charge in [-0.1, -0.05) is 11.3 Å². The van der Waals surface area contributed by atoms with Crippen LogP contribution in [0.5, 0.6) is 0 Å². The van der Waals surface area contributed by atoms with Crippen LogP contribution in [0, 0.1) is 0 Å². The van der Waals surface area contributed by atoms with Gasteiger partial charge in [-0.25, -0.2) is 9.67 Å². The van der Waals surface area contributed by atoms with Gasteiger partial charge in [-0.2, -0.15) is 0 Å². The van der Waals surface area contributed by atoms with E-state index in [1.807, 2.05) is 23.6 Å². The van der Waals surface area contributed by atoms with E-state index in [0.717, 1.165) is 16.4 Å². The number of aromatic nitrogens is 5. The van der Waals surface area contributed by atoms with Gasteiger partial charge in [0.15, 0.2) is 5.69 Å². The minimum Gasteiger partial charge on any atom is -0.364 e. The summed E-state index contributed by atoms with van der Waals surface area (Å²) in [6.45, 7) is 0.434. The Bertz CT molecular complexity index is 735. The van der Waals surface area contributed by atoms with E-state index in [2.05, 4.69) is 20.3 Å². The SMILES string of the molecule is NC(=O)c1cn(Cc2csc(-c3ccccn3)n2)nn1. The maximum absolute atomic E-state index is 10.9. The van der Waals surface area contributed by atoms with Gasteiger partial charge in [-0.05, 0) is 12.1 Å². The van der Waals surface area contributed by atoms with E-state index in [0.29, 0.717) is 6.54 Å². The van der Waals surface area contributed by atoms with Crippen LogP contribution < -0.4 is 5.73 Å². The number of carbonyl (C=O) groups excluding carboxylic acids is 1. The standard InChI is InChI=1S/C12H10N6OS/c13-11(19)10-6-18(17-16-10)5-8-7-20-12(15-8)9-3-1-2-4-14-9/h1-4,6-7H,5H2,(H2,13,19). The quantitative estimate of drug-likeness (QED) is 0.769. The summed E-state index contributed by atoms with van der Waals surface area (Å²) in [6.07, 6.45) is 3.23. The Morgan fingerprint density at radius 2 is 2.30 bits per heavy atom. The van der Waals surface area contributed by atoms with Gasteiger partial charge in [0.2, 0.25) is 0 Å². The summed E-state index contributed by atoms with van der Waals surface area (Å²) >= 11 is 1.51. The molecule has 0 fully saturated rings. The molecule has 8 heteroatoms. The monoisotopic (exact) mass is 286 g/mol. The molecule has 20 heavy (non-hydrogen) atoms. The normalized spacial score (nSPS) is 10.6. The predicted octanol–water partition coefficient (Wildman–Crippen LogP) is 0.944. The van der Waals surface area contributed by atoms with Crippen molar-refractivity contribution < 1.29 is 4.79 Å². The number of carbonyl (C=O) groups is 1. The lowest BCUT2D eigenvalue weighted by molar-refractivity contribution is 0.0995. The van der Waals surface area contributed by atoms with Gasteiger partial charge in [0, 0.05) is 11.6 Å². The maximum Gasteiger partial charge on any atom is 0.270 e. The minimum absolute atomic E-state index is 0.144. The number of thiazole rings is 1. The summed E-state index contributed by atoms with van der Waals surface area (Å²) < 4.78 is 1.53. The first-order chi connectivity index (χ1) is 9.72. The molecule has 0 aliphatic rings. The largest absolute Gasteiger partial charge is 0.364 e. The third kappa shape index (κ3) is 2.54. The van der Waals surface area contributed by atoms with Crippen LogP contribution in [-0.4, -0.2) is 30.9 Å². The molecule has 3 rings (SSSR count). The number of pyridine rings is 1. The highest BCUT2D eigenvalue weighted by atomic mass is 32.1. The van der Waals surface area contributed by atoms with Crippen LogP contribution in [0.4, 0.5) is 0 Å². The minimum atomic E-state index is -0.594. The van der Waals surface area contributed by atoms with E-state index in [-0.39, 0.29) is 5.69 Å². The van der Waals surface area contributed by atoms with E-state index in [1.165, 1.54) is 22.2 Å². The molecule has 0 aromatic carbocycles. The van der Waals surface area contributed by atoms with Crippen LogP contribution in [-0.2, 0) is 6.54 Å². The number of primary amides is 1. The first-order valence-corrected chi connectivity index (χ1v) is 6.66. The number of nitrogens with zero attached hydrogens (tertiary/aromatic N) is 5. The van der Waals surface area contributed by atoms with Crippen molar-refractivity contribution in [1.82, 2.24) is 25.0 Å². The number of hydrogen-bond acceptors (Lipinski definition) is 6. The topological polar surface area (TPSA) is 99.6 Å². The van der Waals surface area contributed by atoms with Crippen molar-refractivity contribution in [3.63, 3.8) is 0 Å². The molecule has 1 amide bonds. The molecular weight excluding hydrogens is 276 g/mol. The lowest BCUT2D eigenvalue weighted by atomic mass is 10.3. The Balaban J connectivity index is 1.78. The molecule has 0 atom stereocenters. The Kier molecular flexibility index (Phi) is 3.21. The van der Waals surface area contributed by atoms with Gasteiger partial charge in [0.1, 0.15) is 5.01 Å². The van der Waals surface area contributed by atoms with Gasteiger partial charge in [-0.15, -0.1) is 16.4 Å². The number of nitrogens with two attached hydrogens (primary N) is 1. The lowest BCUT2D eigenvalue weighted by Gasteiger charge is -1.95. The molecule has 100 valence electrons. The fourth-order valence-corrected chi connectivity index (χ4v) is 2.43. The number of hydrogen-bond donors (Lipinski definition) is 1. The van der Waals surface area contributed by atoms with Crippen molar-refractivity contribution in [3.8, 4) is 10.7 Å². The highest BCUT2D eigenvalue weighted by molar-refractivity contribution is 7.13. The average molecular weight is 286 g/mol. The Labute approximate surface area is 118 Å². The zero-order valence-corrected chi connectivity index (χ0v) is 11.1. The lowest BCUT2D eigenvalue weighted by Crippen LogP contribution is -2.11. The molecule has 0 bridgehead atoms. The molecule has 0 aliphatic carbocycles. The zero-order valence-electron chi connectivity index (χ0n) is 10.3. The van der Waals surface area contributed by atoms with E-state index >= 15 is 0 Å². The van der Waals surface area contributed by atoms with E-state index in [4.69, 9.17) is 5.73 Å². The van der Waals surface area contributed by atoms with Crippen LogP contribution in [0.2, 0.25) is 0 Å². The van der Waals surface area contributed by atoms with E-state index in [9.17, 15) is 4.79 Å². The molecule has 0 saturated carbocycles. The van der Waals surface area contributed by atoms with E-state index in [1.54, 1.807) is 6.20 Å². The van der Waals surface area contributed by atoms with Gasteiger partial charge in [0.25, 0.3) is 5.91 Å². The summed E-state index contributed by atoms with van der Waals surface area (Å²) in [5.74, 6) is -0.594. The second-order valence-corrected chi connectivity index (χ2v) is 4.88. The van der Waals surface area contributed by atoms with Gasteiger partial charge in [-0.3, -0.25) is 9.78 Å². The molecule has 0 spiro atoms. The van der Waals surface area contributed by atoms with Crippen molar-refractivity contribution in [2.45, 2.75) is 6.54 Å². The zero-order chi connectivity index (χ0) is 13.9. The fraction of sp³-hybridized carbons (Fsp3) is 0.0833. The first-order valence-electron chi connectivity index (χ1n) is 5.78. The van der Waals surface area contributed by atoms with Crippen LogP contribution >= 0.6 is 11.3 Å².